The number of ether oxygens (including phenoxy) is 6. The van der Waals surface area contributed by atoms with Crippen molar-refractivity contribution < 1.29 is 47.5 Å². The molecule has 47 heavy (non-hydrogen) atoms. The van der Waals surface area contributed by atoms with Crippen molar-refractivity contribution in [1.82, 2.24) is 4.90 Å². The molecular weight excluding hydrogens is 611 g/mol. The van der Waals surface area contributed by atoms with Gasteiger partial charge in [-0.1, -0.05) is 34.3 Å². The van der Waals surface area contributed by atoms with Gasteiger partial charge >= 0.3 is 5.97 Å². The zero-order valence-electron chi connectivity index (χ0n) is 30.5. The fourth-order valence-corrected chi connectivity index (χ4v) is 7.87. The van der Waals surface area contributed by atoms with Gasteiger partial charge in [-0.2, -0.15) is 0 Å². The monoisotopic (exact) mass is 670 g/mol. The number of esters is 1. The van der Waals surface area contributed by atoms with Crippen LogP contribution in [0.5, 0.6) is 0 Å². The first kappa shape index (κ1) is 39.6. The molecular formula is C35H59FN2O9. The number of halogens is 1. The Morgan fingerprint density at radius 1 is 1.11 bits per heavy atom. The number of hydrogen-bond donors (Lipinski definition) is 1. The quantitative estimate of drug-likeness (QED) is 0.261. The predicted molar refractivity (Wildman–Crippen MR) is 176 cm³/mol. The number of ketones is 1. The number of cyclic esters (lactones) is 1. The molecule has 0 spiro atoms. The maximum Gasteiger partial charge on any atom is 0.351 e. The summed E-state index contributed by atoms with van der Waals surface area (Å²) < 4.78 is 54.3. The highest BCUT2D eigenvalue weighted by molar-refractivity contribution is 6.07. The number of aliphatic hydroxyl groups is 1. The minimum absolute atomic E-state index is 0.0251. The van der Waals surface area contributed by atoms with E-state index in [4.69, 9.17) is 28.4 Å². The topological polar surface area (TPSA) is 125 Å². The average molecular weight is 671 g/mol. The Morgan fingerprint density at radius 2 is 1.74 bits per heavy atom. The highest BCUT2D eigenvalue weighted by Gasteiger charge is 2.56. The first-order valence-electron chi connectivity index (χ1n) is 16.8. The summed E-state index contributed by atoms with van der Waals surface area (Å²) in [6, 6.07) is -0.0767. The summed E-state index contributed by atoms with van der Waals surface area (Å²) in [5.41, 5.74) is -4.82. The molecule has 3 saturated heterocycles. The molecule has 0 unspecified atom stereocenters. The van der Waals surface area contributed by atoms with Gasteiger partial charge in [-0.25, -0.2) is 9.18 Å². The summed E-state index contributed by atoms with van der Waals surface area (Å²) in [5, 5.41) is 12.0. The van der Waals surface area contributed by atoms with Crippen molar-refractivity contribution in [2.75, 3.05) is 41.5 Å². The largest absolute Gasteiger partial charge is 0.457 e. The number of nitrogens with zero attached hydrogens (tertiary/aromatic N) is 2. The standard InChI is InChI=1S/C35H59FN2O9/c1-14-25-35(9,41)30-22(5)26(37-10)20(3)16-33(7,44-18-19(2)17-43-30)29(23(6)28(39)34(8,36)32(40)46-25)47-31-27(42-13)24(38(11)12)15-21(4)45-31/h20-25,27,29-31,41H,2,14-18H2,1,3-13H3/b37-26+/t20-,21-,22+,23+,24+,25-,27-,29-,30-,31+,33-,34+,35-/m1/s1. The summed E-state index contributed by atoms with van der Waals surface area (Å²) >= 11 is 0. The molecule has 1 N–H and O–H groups in total. The second kappa shape index (κ2) is 15.4. The SMILES string of the molecule is C=C1CO[C@@H]2[C@@H](C)/C(=N/C)[C@H](C)C[C@@](C)(OC1)[C@H](O[C@@H]1O[C@H](C)C[C@H](N(C)C)[C@H]1OC)[C@@H](C)C(=O)[C@](C)(F)C(=O)O[C@H](CC)[C@@]2(C)O. The van der Waals surface area contributed by atoms with Crippen LogP contribution in [0.2, 0.25) is 0 Å². The minimum atomic E-state index is -3.07. The number of carbonyl (C=O) groups is 2. The van der Waals surface area contributed by atoms with Crippen LogP contribution >= 0.6 is 0 Å². The number of alkyl halides is 1. The molecule has 3 heterocycles. The lowest BCUT2D eigenvalue weighted by atomic mass is 9.73. The van der Waals surface area contributed by atoms with Crippen LogP contribution < -0.4 is 0 Å². The van der Waals surface area contributed by atoms with Gasteiger partial charge in [-0.15, -0.1) is 0 Å². The Kier molecular flexibility index (Phi) is 13.0. The summed E-state index contributed by atoms with van der Waals surface area (Å²) in [4.78, 5) is 34.4. The van der Waals surface area contributed by atoms with E-state index >= 15 is 4.39 Å². The highest BCUT2D eigenvalue weighted by Crippen LogP contribution is 2.41. The van der Waals surface area contributed by atoms with Crippen molar-refractivity contribution in [2.45, 2.75) is 134 Å². The lowest BCUT2D eigenvalue weighted by Crippen LogP contribution is -2.61. The number of aliphatic imine (C=N–C) groups is 1. The van der Waals surface area contributed by atoms with Gasteiger partial charge in [-0.3, -0.25) is 9.79 Å². The maximum atomic E-state index is 16.6. The fourth-order valence-electron chi connectivity index (χ4n) is 7.87. The van der Waals surface area contributed by atoms with Crippen LogP contribution in [0.4, 0.5) is 4.39 Å². The molecule has 0 radical (unpaired) electrons. The maximum absolute atomic E-state index is 16.6. The number of rotatable bonds is 5. The van der Waals surface area contributed by atoms with E-state index in [-0.39, 0.29) is 44.1 Å². The van der Waals surface area contributed by atoms with Crippen LogP contribution in [0.15, 0.2) is 17.1 Å². The van der Waals surface area contributed by atoms with Gasteiger partial charge < -0.3 is 38.4 Å². The van der Waals surface area contributed by atoms with Gasteiger partial charge in [0.15, 0.2) is 12.1 Å². The van der Waals surface area contributed by atoms with Crippen molar-refractivity contribution in [3.05, 3.63) is 12.2 Å². The van der Waals surface area contributed by atoms with Crippen LogP contribution in [-0.2, 0) is 38.0 Å². The lowest BCUT2D eigenvalue weighted by Gasteiger charge is -2.48. The van der Waals surface area contributed by atoms with Crippen molar-refractivity contribution in [3.63, 3.8) is 0 Å². The molecule has 0 saturated carbocycles. The molecule has 11 nitrogen and oxygen atoms in total. The van der Waals surface area contributed by atoms with Crippen molar-refractivity contribution in [2.24, 2.45) is 22.7 Å². The zero-order valence-corrected chi connectivity index (χ0v) is 30.5. The molecule has 3 fully saturated rings. The molecule has 3 rings (SSSR count). The number of fused-ring (bicyclic) bond motifs is 5. The average Bonchev–Trinajstić information content (AvgIpc) is 3.00. The van der Waals surface area contributed by atoms with E-state index in [1.165, 1.54) is 13.8 Å². The normalized spacial score (nSPS) is 45.7. The molecule has 2 bridgehead atoms. The number of methoxy groups -OCH3 is 1. The van der Waals surface area contributed by atoms with Gasteiger partial charge in [0, 0.05) is 37.7 Å². The van der Waals surface area contributed by atoms with E-state index in [0.29, 0.717) is 12.0 Å². The van der Waals surface area contributed by atoms with E-state index in [0.717, 1.165) is 12.6 Å². The Morgan fingerprint density at radius 3 is 2.30 bits per heavy atom. The molecule has 3 aliphatic rings. The predicted octanol–water partition coefficient (Wildman–Crippen LogP) is 3.93. The molecule has 0 aromatic rings. The van der Waals surface area contributed by atoms with E-state index in [9.17, 15) is 14.7 Å². The molecule has 13 atom stereocenters. The number of Topliss-reactive ketones (excluding diaryl/α,β-unsaturated/α-hetero) is 1. The first-order valence-corrected chi connectivity index (χ1v) is 16.8. The Bertz CT molecular complexity index is 1160. The molecule has 0 aromatic carbocycles. The summed E-state index contributed by atoms with van der Waals surface area (Å²) in [6.07, 6.45) is -3.86. The van der Waals surface area contributed by atoms with Crippen LogP contribution in [0, 0.1) is 17.8 Å². The van der Waals surface area contributed by atoms with Crippen LogP contribution in [0.25, 0.3) is 0 Å². The van der Waals surface area contributed by atoms with Gasteiger partial charge in [0.05, 0.1) is 37.1 Å². The lowest BCUT2D eigenvalue weighted by molar-refractivity contribution is -0.300. The number of carbonyl (C=O) groups excluding carboxylic acids is 2. The smallest absolute Gasteiger partial charge is 0.351 e. The summed E-state index contributed by atoms with van der Waals surface area (Å²) in [7, 11) is 7.16. The summed E-state index contributed by atoms with van der Waals surface area (Å²) in [6.45, 7) is 17.5. The van der Waals surface area contributed by atoms with Crippen molar-refractivity contribution in [1.29, 1.82) is 0 Å². The second-order valence-corrected chi connectivity index (χ2v) is 14.6. The molecule has 0 aromatic heterocycles. The summed E-state index contributed by atoms with van der Waals surface area (Å²) in [5.74, 6) is -4.40. The zero-order chi connectivity index (χ0) is 35.6. The van der Waals surface area contributed by atoms with E-state index < -0.39 is 71.2 Å². The van der Waals surface area contributed by atoms with Crippen molar-refractivity contribution in [3.8, 4) is 0 Å². The third kappa shape index (κ3) is 8.16. The number of hydrogen-bond acceptors (Lipinski definition) is 11. The third-order valence-corrected chi connectivity index (χ3v) is 10.4. The highest BCUT2D eigenvalue weighted by atomic mass is 19.1. The minimum Gasteiger partial charge on any atom is -0.457 e. The fraction of sp³-hybridized carbons (Fsp3) is 0.857. The Labute approximate surface area is 280 Å². The first-order chi connectivity index (χ1) is 21.8. The Hall–Kier alpha value is -1.80. The third-order valence-electron chi connectivity index (χ3n) is 10.4. The second-order valence-electron chi connectivity index (χ2n) is 14.6. The van der Waals surface area contributed by atoms with Crippen LogP contribution in [0.1, 0.15) is 74.7 Å². The molecule has 270 valence electrons. The van der Waals surface area contributed by atoms with E-state index in [1.807, 2.05) is 46.7 Å². The van der Waals surface area contributed by atoms with E-state index in [2.05, 4.69) is 11.6 Å². The number of likely N-dealkylation sites (N-methyl/N-ethyl adjacent to an activating group) is 1. The van der Waals surface area contributed by atoms with Crippen LogP contribution in [0.3, 0.4) is 0 Å². The van der Waals surface area contributed by atoms with Crippen LogP contribution in [-0.4, -0.2) is 129 Å². The Balaban J connectivity index is 2.29. The molecule has 12 heteroatoms. The van der Waals surface area contributed by atoms with Crippen molar-refractivity contribution >= 4 is 17.5 Å². The van der Waals surface area contributed by atoms with Gasteiger partial charge in [0.1, 0.15) is 17.8 Å². The van der Waals surface area contributed by atoms with Gasteiger partial charge in [0.25, 0.3) is 5.67 Å². The van der Waals surface area contributed by atoms with E-state index in [1.54, 1.807) is 21.1 Å². The molecule has 3 aliphatic heterocycles. The van der Waals surface area contributed by atoms with Gasteiger partial charge in [-0.05, 0) is 72.5 Å². The molecule has 0 aliphatic carbocycles. The molecule has 0 amide bonds. The van der Waals surface area contributed by atoms with Gasteiger partial charge in [0.2, 0.25) is 0 Å².